The van der Waals surface area contributed by atoms with Crippen molar-refractivity contribution in [2.75, 3.05) is 20.1 Å². The molecule has 1 aromatic rings. The van der Waals surface area contributed by atoms with Gasteiger partial charge in [0.1, 0.15) is 11.6 Å². The van der Waals surface area contributed by atoms with Gasteiger partial charge in [-0.1, -0.05) is 0 Å². The van der Waals surface area contributed by atoms with Crippen LogP contribution in [0.3, 0.4) is 0 Å². The van der Waals surface area contributed by atoms with Crippen LogP contribution >= 0.6 is 15.9 Å². The summed E-state index contributed by atoms with van der Waals surface area (Å²) >= 11 is 3.01. The van der Waals surface area contributed by atoms with E-state index in [1.165, 1.54) is 12.1 Å². The second-order valence-corrected chi connectivity index (χ2v) is 4.80. The van der Waals surface area contributed by atoms with Crippen LogP contribution in [0.2, 0.25) is 0 Å². The maximum atomic E-state index is 13.7. The molecular formula is C12H15BrF2N2O. The Morgan fingerprint density at radius 1 is 1.44 bits per heavy atom. The third-order valence-corrected chi connectivity index (χ3v) is 2.97. The van der Waals surface area contributed by atoms with E-state index >= 15 is 0 Å². The molecule has 100 valence electrons. The molecule has 0 aliphatic heterocycles. The second kappa shape index (κ2) is 6.80. The predicted molar refractivity (Wildman–Crippen MR) is 69.1 cm³/mol. The number of nitrogens with zero attached hydrogens (tertiary/aromatic N) is 1. The Hall–Kier alpha value is -1.01. The first-order valence-electron chi connectivity index (χ1n) is 5.53. The van der Waals surface area contributed by atoms with Gasteiger partial charge in [-0.05, 0) is 42.0 Å². The van der Waals surface area contributed by atoms with Gasteiger partial charge in [0.05, 0.1) is 11.0 Å². The highest BCUT2D eigenvalue weighted by molar-refractivity contribution is 9.10. The fourth-order valence-corrected chi connectivity index (χ4v) is 1.91. The van der Waals surface area contributed by atoms with E-state index in [0.29, 0.717) is 6.54 Å². The Morgan fingerprint density at radius 2 is 2.11 bits per heavy atom. The van der Waals surface area contributed by atoms with Crippen LogP contribution in [-0.4, -0.2) is 30.9 Å². The van der Waals surface area contributed by atoms with Crippen LogP contribution < -0.4 is 5.32 Å². The minimum atomic E-state index is -0.627. The topological polar surface area (TPSA) is 32.3 Å². The zero-order chi connectivity index (χ0) is 13.7. The van der Waals surface area contributed by atoms with Crippen molar-refractivity contribution in [3.05, 3.63) is 33.8 Å². The number of nitrogens with one attached hydrogen (secondary N) is 1. The van der Waals surface area contributed by atoms with E-state index < -0.39 is 11.6 Å². The number of amides is 1. The number of carbonyl (C=O) groups excluding carboxylic acids is 1. The smallest absolute Gasteiger partial charge is 0.234 e. The van der Waals surface area contributed by atoms with E-state index in [1.807, 2.05) is 6.92 Å². The van der Waals surface area contributed by atoms with Gasteiger partial charge in [-0.25, -0.2) is 8.78 Å². The molecular weight excluding hydrogens is 306 g/mol. The van der Waals surface area contributed by atoms with Crippen LogP contribution in [0.1, 0.15) is 12.5 Å². The van der Waals surface area contributed by atoms with Crippen molar-refractivity contribution in [1.29, 1.82) is 0 Å². The van der Waals surface area contributed by atoms with Gasteiger partial charge in [0, 0.05) is 18.7 Å². The zero-order valence-electron chi connectivity index (χ0n) is 10.3. The van der Waals surface area contributed by atoms with E-state index in [0.717, 1.165) is 0 Å². The van der Waals surface area contributed by atoms with Crippen LogP contribution in [0, 0.1) is 11.6 Å². The minimum absolute atomic E-state index is 0.0360. The van der Waals surface area contributed by atoms with Crippen molar-refractivity contribution >= 4 is 21.8 Å². The molecule has 0 saturated carbocycles. The van der Waals surface area contributed by atoms with Crippen LogP contribution in [-0.2, 0) is 11.3 Å². The maximum absolute atomic E-state index is 13.7. The Morgan fingerprint density at radius 3 is 2.72 bits per heavy atom. The summed E-state index contributed by atoms with van der Waals surface area (Å²) in [4.78, 5) is 12.9. The van der Waals surface area contributed by atoms with Gasteiger partial charge in [0.15, 0.2) is 0 Å². The molecule has 0 heterocycles. The van der Waals surface area contributed by atoms with Crippen molar-refractivity contribution < 1.29 is 13.6 Å². The lowest BCUT2D eigenvalue weighted by Crippen LogP contribution is -2.35. The van der Waals surface area contributed by atoms with E-state index in [1.54, 1.807) is 11.9 Å². The lowest BCUT2D eigenvalue weighted by atomic mass is 10.2. The maximum Gasteiger partial charge on any atom is 0.234 e. The van der Waals surface area contributed by atoms with E-state index in [4.69, 9.17) is 0 Å². The molecule has 0 saturated heterocycles. The molecule has 0 radical (unpaired) electrons. The number of hydrogen-bond donors (Lipinski definition) is 1. The molecule has 1 N–H and O–H groups in total. The summed E-state index contributed by atoms with van der Waals surface area (Å²) in [6, 6.07) is 2.51. The van der Waals surface area contributed by atoms with Crippen LogP contribution in [0.25, 0.3) is 0 Å². The number of halogens is 3. The van der Waals surface area contributed by atoms with Crippen molar-refractivity contribution in [2.45, 2.75) is 13.5 Å². The molecule has 0 fully saturated rings. The van der Waals surface area contributed by atoms with Crippen LogP contribution in [0.5, 0.6) is 0 Å². The molecule has 18 heavy (non-hydrogen) atoms. The standard InChI is InChI=1S/C12H15BrF2N2O/c1-3-16-11(18)7-17(2)6-8-10(14)5-4-9(13)12(8)15/h4-5H,3,6-7H2,1-2H3,(H,16,18). The summed E-state index contributed by atoms with van der Waals surface area (Å²) in [7, 11) is 1.63. The molecule has 3 nitrogen and oxygen atoms in total. The number of benzene rings is 1. The third kappa shape index (κ3) is 4.03. The van der Waals surface area contributed by atoms with Gasteiger partial charge in [0.2, 0.25) is 5.91 Å². The lowest BCUT2D eigenvalue weighted by molar-refractivity contribution is -0.121. The summed E-state index contributed by atoms with van der Waals surface area (Å²) in [5, 5.41) is 2.63. The second-order valence-electron chi connectivity index (χ2n) is 3.95. The molecule has 0 atom stereocenters. The van der Waals surface area contributed by atoms with Crippen molar-refractivity contribution in [1.82, 2.24) is 10.2 Å². The van der Waals surface area contributed by atoms with Crippen LogP contribution in [0.4, 0.5) is 8.78 Å². The van der Waals surface area contributed by atoms with Gasteiger partial charge < -0.3 is 5.32 Å². The average Bonchev–Trinajstić information content (AvgIpc) is 2.30. The summed E-state index contributed by atoms with van der Waals surface area (Å²) < 4.78 is 27.4. The molecule has 1 rings (SSSR count). The highest BCUT2D eigenvalue weighted by atomic mass is 79.9. The van der Waals surface area contributed by atoms with Crippen molar-refractivity contribution in [3.8, 4) is 0 Å². The summed E-state index contributed by atoms with van der Waals surface area (Å²) in [6.45, 7) is 2.48. The van der Waals surface area contributed by atoms with Gasteiger partial charge >= 0.3 is 0 Å². The molecule has 0 unspecified atom stereocenters. The third-order valence-electron chi connectivity index (χ3n) is 2.35. The summed E-state index contributed by atoms with van der Waals surface area (Å²) in [5.74, 6) is -1.41. The normalized spacial score (nSPS) is 10.8. The first-order chi connectivity index (χ1) is 8.45. The number of rotatable bonds is 5. The van der Waals surface area contributed by atoms with E-state index in [9.17, 15) is 13.6 Å². The zero-order valence-corrected chi connectivity index (χ0v) is 11.9. The van der Waals surface area contributed by atoms with Gasteiger partial charge in [-0.15, -0.1) is 0 Å². The predicted octanol–water partition coefficient (Wildman–Crippen LogP) is 2.30. The molecule has 1 aromatic carbocycles. The Balaban J connectivity index is 2.73. The van der Waals surface area contributed by atoms with E-state index in [2.05, 4.69) is 21.2 Å². The number of hydrogen-bond acceptors (Lipinski definition) is 2. The molecule has 6 heteroatoms. The van der Waals surface area contributed by atoms with Crippen molar-refractivity contribution in [3.63, 3.8) is 0 Å². The van der Waals surface area contributed by atoms with E-state index in [-0.39, 0.29) is 29.0 Å². The first kappa shape index (κ1) is 15.0. The highest BCUT2D eigenvalue weighted by Gasteiger charge is 2.15. The number of carbonyl (C=O) groups is 1. The largest absolute Gasteiger partial charge is 0.355 e. The Kier molecular flexibility index (Phi) is 5.68. The lowest BCUT2D eigenvalue weighted by Gasteiger charge is -2.17. The minimum Gasteiger partial charge on any atom is -0.355 e. The fraction of sp³-hybridized carbons (Fsp3) is 0.417. The van der Waals surface area contributed by atoms with Crippen LogP contribution in [0.15, 0.2) is 16.6 Å². The average molecular weight is 321 g/mol. The quantitative estimate of drug-likeness (QED) is 0.844. The molecule has 0 aromatic heterocycles. The monoisotopic (exact) mass is 320 g/mol. The molecule has 0 aliphatic carbocycles. The molecule has 0 bridgehead atoms. The van der Waals surface area contributed by atoms with Gasteiger partial charge in [-0.3, -0.25) is 9.69 Å². The summed E-state index contributed by atoms with van der Waals surface area (Å²) in [5.41, 5.74) is -0.0452. The Labute approximate surface area is 113 Å². The Bertz CT molecular complexity index is 440. The van der Waals surface area contributed by atoms with Gasteiger partial charge in [-0.2, -0.15) is 0 Å². The molecule has 0 aliphatic rings. The van der Waals surface area contributed by atoms with Crippen molar-refractivity contribution in [2.24, 2.45) is 0 Å². The SMILES string of the molecule is CCNC(=O)CN(C)Cc1c(F)ccc(Br)c1F. The summed E-state index contributed by atoms with van der Waals surface area (Å²) in [6.07, 6.45) is 0. The van der Waals surface area contributed by atoms with Gasteiger partial charge in [0.25, 0.3) is 0 Å². The fourth-order valence-electron chi connectivity index (χ4n) is 1.54. The highest BCUT2D eigenvalue weighted by Crippen LogP contribution is 2.22. The molecule has 0 spiro atoms. The molecule has 1 amide bonds. The number of likely N-dealkylation sites (N-methyl/N-ethyl adjacent to an activating group) is 2. The first-order valence-corrected chi connectivity index (χ1v) is 6.32.